The molecule has 3 aromatic rings. The Labute approximate surface area is 131 Å². The van der Waals surface area contributed by atoms with Crippen molar-refractivity contribution in [2.45, 2.75) is 32.0 Å². The number of aryl methyl sites for hydroxylation is 1. The van der Waals surface area contributed by atoms with Crippen molar-refractivity contribution in [1.82, 2.24) is 19.6 Å². The molecule has 0 radical (unpaired) electrons. The fourth-order valence-corrected chi connectivity index (χ4v) is 2.87. The zero-order valence-electron chi connectivity index (χ0n) is 12.6. The van der Waals surface area contributed by atoms with Crippen LogP contribution in [0.5, 0.6) is 0 Å². The minimum atomic E-state index is -0.264. The smallest absolute Gasteiger partial charge is 0.316 e. The summed E-state index contributed by atoms with van der Waals surface area (Å²) in [6, 6.07) is 7.76. The molecule has 0 saturated heterocycles. The molecule has 3 rings (SSSR count). The number of fused-ring (bicyclic) bond motifs is 3. The first kappa shape index (κ1) is 14.8. The van der Waals surface area contributed by atoms with Crippen molar-refractivity contribution in [1.29, 1.82) is 0 Å². The third kappa shape index (κ3) is 2.89. The average molecular weight is 316 g/mol. The van der Waals surface area contributed by atoms with E-state index in [0.29, 0.717) is 11.0 Å². The molecule has 0 bridgehead atoms. The van der Waals surface area contributed by atoms with Crippen molar-refractivity contribution in [3.8, 4) is 0 Å². The van der Waals surface area contributed by atoms with Crippen LogP contribution in [-0.4, -0.2) is 37.4 Å². The van der Waals surface area contributed by atoms with Gasteiger partial charge in [-0.15, -0.1) is 5.10 Å². The first-order valence-corrected chi connectivity index (χ1v) is 7.97. The second kappa shape index (κ2) is 5.92. The number of nitrogens with zero attached hydrogens (tertiary/aromatic N) is 4. The zero-order chi connectivity index (χ0) is 15.7. The van der Waals surface area contributed by atoms with E-state index < -0.39 is 0 Å². The van der Waals surface area contributed by atoms with Gasteiger partial charge in [0.05, 0.1) is 17.4 Å². The van der Waals surface area contributed by atoms with Crippen molar-refractivity contribution in [2.75, 3.05) is 5.75 Å². The summed E-state index contributed by atoms with van der Waals surface area (Å²) in [4.78, 5) is 20.8. The third-order valence-electron chi connectivity index (χ3n) is 2.94. The molecule has 0 fully saturated rings. The van der Waals surface area contributed by atoms with E-state index in [2.05, 4.69) is 15.1 Å². The van der Waals surface area contributed by atoms with Gasteiger partial charge in [-0.3, -0.25) is 4.79 Å². The molecule has 114 valence electrons. The van der Waals surface area contributed by atoms with Gasteiger partial charge in [0.15, 0.2) is 10.8 Å². The SMILES string of the molecule is Cc1nc2c3ccccc3nc(SCC(=O)OC(C)C)n2n1. The van der Waals surface area contributed by atoms with Gasteiger partial charge >= 0.3 is 5.97 Å². The highest BCUT2D eigenvalue weighted by molar-refractivity contribution is 7.99. The molecule has 0 saturated carbocycles. The zero-order valence-corrected chi connectivity index (χ0v) is 13.4. The van der Waals surface area contributed by atoms with Gasteiger partial charge in [-0.1, -0.05) is 23.9 Å². The molecule has 0 N–H and O–H groups in total. The molecule has 1 aromatic carbocycles. The first-order chi connectivity index (χ1) is 10.5. The van der Waals surface area contributed by atoms with Crippen molar-refractivity contribution < 1.29 is 9.53 Å². The van der Waals surface area contributed by atoms with Crippen molar-refractivity contribution in [2.24, 2.45) is 0 Å². The van der Waals surface area contributed by atoms with Gasteiger partial charge in [0.25, 0.3) is 0 Å². The van der Waals surface area contributed by atoms with E-state index in [9.17, 15) is 4.79 Å². The Morgan fingerprint density at radius 1 is 1.32 bits per heavy atom. The molecule has 6 nitrogen and oxygen atoms in total. The monoisotopic (exact) mass is 316 g/mol. The van der Waals surface area contributed by atoms with Gasteiger partial charge in [0.2, 0.25) is 0 Å². The third-order valence-corrected chi connectivity index (χ3v) is 3.84. The van der Waals surface area contributed by atoms with Crippen LogP contribution in [0.3, 0.4) is 0 Å². The predicted molar refractivity (Wildman–Crippen MR) is 85.0 cm³/mol. The Balaban J connectivity index is 1.99. The number of carbonyl (C=O) groups is 1. The summed E-state index contributed by atoms with van der Waals surface area (Å²) in [5.74, 6) is 0.599. The molecule has 0 unspecified atom stereocenters. The summed E-state index contributed by atoms with van der Waals surface area (Å²) in [7, 11) is 0. The van der Waals surface area contributed by atoms with Gasteiger partial charge in [-0.25, -0.2) is 9.97 Å². The van der Waals surface area contributed by atoms with Gasteiger partial charge in [0, 0.05) is 5.39 Å². The lowest BCUT2D eigenvalue weighted by Crippen LogP contribution is -2.13. The lowest BCUT2D eigenvalue weighted by Gasteiger charge is -2.08. The molecule has 0 amide bonds. The van der Waals surface area contributed by atoms with Crippen LogP contribution in [0.1, 0.15) is 19.7 Å². The van der Waals surface area contributed by atoms with Crippen LogP contribution < -0.4 is 0 Å². The fourth-order valence-electron chi connectivity index (χ4n) is 2.15. The Bertz CT molecular complexity index is 844. The number of ether oxygens (including phenoxy) is 1. The summed E-state index contributed by atoms with van der Waals surface area (Å²) in [6.07, 6.45) is -0.119. The van der Waals surface area contributed by atoms with Gasteiger partial charge in [0.1, 0.15) is 5.82 Å². The van der Waals surface area contributed by atoms with E-state index in [1.165, 1.54) is 11.8 Å². The van der Waals surface area contributed by atoms with Crippen LogP contribution in [0.15, 0.2) is 29.4 Å². The number of hydrogen-bond acceptors (Lipinski definition) is 6. The van der Waals surface area contributed by atoms with Gasteiger partial charge < -0.3 is 4.74 Å². The van der Waals surface area contributed by atoms with Crippen molar-refractivity contribution in [3.05, 3.63) is 30.1 Å². The van der Waals surface area contributed by atoms with Crippen LogP contribution in [0, 0.1) is 6.92 Å². The molecule has 0 atom stereocenters. The van der Waals surface area contributed by atoms with E-state index >= 15 is 0 Å². The molecule has 2 aromatic heterocycles. The Kier molecular flexibility index (Phi) is 3.98. The van der Waals surface area contributed by atoms with E-state index in [0.717, 1.165) is 16.6 Å². The maximum Gasteiger partial charge on any atom is 0.316 e. The predicted octanol–water partition coefficient (Wildman–Crippen LogP) is 2.63. The van der Waals surface area contributed by atoms with E-state index in [1.807, 2.05) is 45.0 Å². The van der Waals surface area contributed by atoms with Crippen LogP contribution in [-0.2, 0) is 9.53 Å². The second-order valence-electron chi connectivity index (χ2n) is 5.13. The quantitative estimate of drug-likeness (QED) is 0.419. The van der Waals surface area contributed by atoms with Gasteiger partial charge in [-0.2, -0.15) is 4.52 Å². The molecule has 22 heavy (non-hydrogen) atoms. The van der Waals surface area contributed by atoms with Crippen LogP contribution >= 0.6 is 11.8 Å². The molecule has 7 heteroatoms. The molecular weight excluding hydrogens is 300 g/mol. The normalized spacial score (nSPS) is 11.5. The lowest BCUT2D eigenvalue weighted by atomic mass is 10.2. The van der Waals surface area contributed by atoms with Gasteiger partial charge in [-0.05, 0) is 32.9 Å². The number of carbonyl (C=O) groups excluding carboxylic acids is 1. The number of aromatic nitrogens is 4. The number of hydrogen-bond donors (Lipinski definition) is 0. The molecule has 0 aliphatic carbocycles. The number of thioether (sulfide) groups is 1. The molecule has 0 aliphatic heterocycles. The maximum absolute atomic E-state index is 11.7. The van der Waals surface area contributed by atoms with Crippen LogP contribution in [0.25, 0.3) is 16.6 Å². The Hall–Kier alpha value is -2.15. The highest BCUT2D eigenvalue weighted by Crippen LogP contribution is 2.23. The standard InChI is InChI=1S/C15H16N4O2S/c1-9(2)21-13(20)8-22-15-17-12-7-5-4-6-11(12)14-16-10(3)18-19(14)15/h4-7,9H,8H2,1-3H3. The molecule has 0 aliphatic rings. The van der Waals surface area contributed by atoms with Crippen LogP contribution in [0.2, 0.25) is 0 Å². The second-order valence-corrected chi connectivity index (χ2v) is 6.08. The molecule has 0 spiro atoms. The van der Waals surface area contributed by atoms with Crippen LogP contribution in [0.4, 0.5) is 0 Å². The minimum absolute atomic E-state index is 0.119. The highest BCUT2D eigenvalue weighted by Gasteiger charge is 2.14. The van der Waals surface area contributed by atoms with E-state index in [4.69, 9.17) is 4.74 Å². The number of rotatable bonds is 4. The molecule has 2 heterocycles. The number of benzene rings is 1. The minimum Gasteiger partial charge on any atom is -0.462 e. The van der Waals surface area contributed by atoms with Crippen molar-refractivity contribution in [3.63, 3.8) is 0 Å². The summed E-state index contributed by atoms with van der Waals surface area (Å²) < 4.78 is 6.83. The Morgan fingerprint density at radius 3 is 2.86 bits per heavy atom. The number of esters is 1. The maximum atomic E-state index is 11.7. The highest BCUT2D eigenvalue weighted by atomic mass is 32.2. The topological polar surface area (TPSA) is 69.4 Å². The number of para-hydroxylation sites is 1. The summed E-state index contributed by atoms with van der Waals surface area (Å²) in [6.45, 7) is 5.49. The van der Waals surface area contributed by atoms with Crippen molar-refractivity contribution >= 4 is 34.3 Å². The summed E-state index contributed by atoms with van der Waals surface area (Å²) >= 11 is 1.30. The molecular formula is C15H16N4O2S. The fraction of sp³-hybridized carbons (Fsp3) is 0.333. The first-order valence-electron chi connectivity index (χ1n) is 6.99. The van der Waals surface area contributed by atoms with E-state index in [-0.39, 0.29) is 17.8 Å². The Morgan fingerprint density at radius 2 is 2.09 bits per heavy atom. The van der Waals surface area contributed by atoms with E-state index in [1.54, 1.807) is 4.52 Å². The average Bonchev–Trinajstić information content (AvgIpc) is 2.86. The largest absolute Gasteiger partial charge is 0.462 e. The summed E-state index contributed by atoms with van der Waals surface area (Å²) in [5, 5.41) is 5.95. The summed E-state index contributed by atoms with van der Waals surface area (Å²) in [5.41, 5.74) is 1.59. The lowest BCUT2D eigenvalue weighted by molar-refractivity contribution is -0.144.